The molecular weight excluding hydrogens is 262 g/mol. The standard InChI is InChI=1S/C17H17N3O/c1-11(2)12-4-3-5-14(8-12)21-17-15-9-13(18)6-7-16(15)19-10-20-17/h3-11H,18H2,1-2H3. The van der Waals surface area contributed by atoms with Gasteiger partial charge in [-0.05, 0) is 41.8 Å². The van der Waals surface area contributed by atoms with Gasteiger partial charge in [0.15, 0.2) is 0 Å². The summed E-state index contributed by atoms with van der Waals surface area (Å²) in [7, 11) is 0. The number of ether oxygens (including phenoxy) is 1. The number of hydrogen-bond donors (Lipinski definition) is 1. The van der Waals surface area contributed by atoms with Crippen molar-refractivity contribution in [3.63, 3.8) is 0 Å². The Kier molecular flexibility index (Phi) is 3.44. The van der Waals surface area contributed by atoms with Crippen LogP contribution in [-0.2, 0) is 0 Å². The minimum Gasteiger partial charge on any atom is -0.438 e. The van der Waals surface area contributed by atoms with Gasteiger partial charge >= 0.3 is 0 Å². The van der Waals surface area contributed by atoms with Gasteiger partial charge in [0.05, 0.1) is 10.9 Å². The Labute approximate surface area is 123 Å². The van der Waals surface area contributed by atoms with Gasteiger partial charge < -0.3 is 10.5 Å². The molecule has 0 aliphatic carbocycles. The Balaban J connectivity index is 2.02. The first kappa shape index (κ1) is 13.4. The summed E-state index contributed by atoms with van der Waals surface area (Å²) >= 11 is 0. The van der Waals surface area contributed by atoms with Crippen LogP contribution in [0.15, 0.2) is 48.8 Å². The molecule has 4 heteroatoms. The van der Waals surface area contributed by atoms with Crippen LogP contribution in [0, 0.1) is 0 Å². The van der Waals surface area contributed by atoms with E-state index in [2.05, 4.69) is 29.9 Å². The van der Waals surface area contributed by atoms with Crippen LogP contribution in [0.1, 0.15) is 25.3 Å². The maximum Gasteiger partial charge on any atom is 0.230 e. The molecule has 0 radical (unpaired) electrons. The number of aromatic nitrogens is 2. The fraction of sp³-hybridized carbons (Fsp3) is 0.176. The SMILES string of the molecule is CC(C)c1cccc(Oc2ncnc3ccc(N)cc23)c1. The van der Waals surface area contributed by atoms with Crippen molar-refractivity contribution in [1.82, 2.24) is 9.97 Å². The molecule has 0 aliphatic rings. The molecule has 0 fully saturated rings. The molecule has 2 N–H and O–H groups in total. The summed E-state index contributed by atoms with van der Waals surface area (Å²) in [6, 6.07) is 13.5. The summed E-state index contributed by atoms with van der Waals surface area (Å²) in [6.45, 7) is 4.31. The Hall–Kier alpha value is -2.62. The predicted molar refractivity (Wildman–Crippen MR) is 84.6 cm³/mol. The second-order valence-electron chi connectivity index (χ2n) is 5.28. The quantitative estimate of drug-likeness (QED) is 0.732. The van der Waals surface area contributed by atoms with Gasteiger partial charge in [0.25, 0.3) is 0 Å². The van der Waals surface area contributed by atoms with Crippen molar-refractivity contribution in [2.45, 2.75) is 19.8 Å². The van der Waals surface area contributed by atoms with E-state index >= 15 is 0 Å². The monoisotopic (exact) mass is 279 g/mol. The molecular formula is C17H17N3O. The van der Waals surface area contributed by atoms with Gasteiger partial charge in [-0.1, -0.05) is 26.0 Å². The second-order valence-corrected chi connectivity index (χ2v) is 5.28. The molecule has 0 spiro atoms. The fourth-order valence-corrected chi connectivity index (χ4v) is 2.18. The zero-order valence-corrected chi connectivity index (χ0v) is 12.1. The molecule has 0 atom stereocenters. The van der Waals surface area contributed by atoms with Gasteiger partial charge in [0, 0.05) is 5.69 Å². The minimum atomic E-state index is 0.450. The van der Waals surface area contributed by atoms with Crippen LogP contribution >= 0.6 is 0 Å². The first-order valence-corrected chi connectivity index (χ1v) is 6.91. The summed E-state index contributed by atoms with van der Waals surface area (Å²) in [5.41, 5.74) is 8.55. The van der Waals surface area contributed by atoms with Crippen molar-refractivity contribution in [3.8, 4) is 11.6 Å². The summed E-state index contributed by atoms with van der Waals surface area (Å²) in [4.78, 5) is 8.45. The zero-order valence-electron chi connectivity index (χ0n) is 12.1. The van der Waals surface area contributed by atoms with Crippen molar-refractivity contribution >= 4 is 16.6 Å². The molecule has 4 nitrogen and oxygen atoms in total. The van der Waals surface area contributed by atoms with E-state index in [1.165, 1.54) is 11.9 Å². The first-order valence-electron chi connectivity index (χ1n) is 6.91. The minimum absolute atomic E-state index is 0.450. The lowest BCUT2D eigenvalue weighted by molar-refractivity contribution is 0.467. The molecule has 0 saturated heterocycles. The van der Waals surface area contributed by atoms with Crippen molar-refractivity contribution in [2.24, 2.45) is 0 Å². The molecule has 0 saturated carbocycles. The number of nitrogens with two attached hydrogens (primary N) is 1. The van der Waals surface area contributed by atoms with Crippen LogP contribution in [0.2, 0.25) is 0 Å². The third kappa shape index (κ3) is 2.79. The molecule has 3 rings (SSSR count). The maximum absolute atomic E-state index is 5.93. The molecule has 0 aliphatic heterocycles. The highest BCUT2D eigenvalue weighted by atomic mass is 16.5. The van der Waals surface area contributed by atoms with Gasteiger partial charge in [-0.2, -0.15) is 0 Å². The summed E-state index contributed by atoms with van der Waals surface area (Å²) in [6.07, 6.45) is 1.50. The Morgan fingerprint density at radius 1 is 1.05 bits per heavy atom. The van der Waals surface area contributed by atoms with Crippen LogP contribution < -0.4 is 10.5 Å². The lowest BCUT2D eigenvalue weighted by atomic mass is 10.0. The van der Waals surface area contributed by atoms with E-state index < -0.39 is 0 Å². The molecule has 3 aromatic rings. The number of nitrogens with zero attached hydrogens (tertiary/aromatic N) is 2. The number of nitrogen functional groups attached to an aromatic ring is 1. The molecule has 106 valence electrons. The molecule has 0 amide bonds. The highest BCUT2D eigenvalue weighted by Crippen LogP contribution is 2.29. The largest absolute Gasteiger partial charge is 0.438 e. The maximum atomic E-state index is 5.93. The van der Waals surface area contributed by atoms with Crippen LogP contribution in [0.4, 0.5) is 5.69 Å². The van der Waals surface area contributed by atoms with Crippen molar-refractivity contribution in [3.05, 3.63) is 54.4 Å². The molecule has 0 unspecified atom stereocenters. The van der Waals surface area contributed by atoms with Crippen LogP contribution in [0.3, 0.4) is 0 Å². The Morgan fingerprint density at radius 3 is 2.71 bits per heavy atom. The Morgan fingerprint density at radius 2 is 1.90 bits per heavy atom. The summed E-state index contributed by atoms with van der Waals surface area (Å²) in [5.74, 6) is 1.74. The summed E-state index contributed by atoms with van der Waals surface area (Å²) in [5, 5.41) is 0.812. The topological polar surface area (TPSA) is 61.0 Å². The number of fused-ring (bicyclic) bond motifs is 1. The van der Waals surface area contributed by atoms with Crippen molar-refractivity contribution in [1.29, 1.82) is 0 Å². The molecule has 21 heavy (non-hydrogen) atoms. The van der Waals surface area contributed by atoms with Crippen molar-refractivity contribution < 1.29 is 4.74 Å². The number of rotatable bonds is 3. The van der Waals surface area contributed by atoms with Crippen LogP contribution in [-0.4, -0.2) is 9.97 Å². The smallest absolute Gasteiger partial charge is 0.230 e. The van der Waals surface area contributed by atoms with E-state index in [1.54, 1.807) is 0 Å². The third-order valence-electron chi connectivity index (χ3n) is 3.36. The van der Waals surface area contributed by atoms with Crippen LogP contribution in [0.25, 0.3) is 10.9 Å². The van der Waals surface area contributed by atoms with Crippen molar-refractivity contribution in [2.75, 3.05) is 5.73 Å². The average molecular weight is 279 g/mol. The molecule has 1 aromatic heterocycles. The Bertz CT molecular complexity index is 784. The summed E-state index contributed by atoms with van der Waals surface area (Å²) < 4.78 is 5.93. The van der Waals surface area contributed by atoms with E-state index in [1.807, 2.05) is 36.4 Å². The highest BCUT2D eigenvalue weighted by molar-refractivity contribution is 5.86. The zero-order chi connectivity index (χ0) is 14.8. The van der Waals surface area contributed by atoms with E-state index in [0.29, 0.717) is 17.5 Å². The van der Waals surface area contributed by atoms with E-state index in [0.717, 1.165) is 16.7 Å². The van der Waals surface area contributed by atoms with Gasteiger partial charge in [-0.15, -0.1) is 0 Å². The average Bonchev–Trinajstić information content (AvgIpc) is 2.48. The van der Waals surface area contributed by atoms with E-state index in [-0.39, 0.29) is 0 Å². The predicted octanol–water partition coefficient (Wildman–Crippen LogP) is 4.13. The number of anilines is 1. The fourth-order valence-electron chi connectivity index (χ4n) is 2.18. The normalized spacial score (nSPS) is 11.0. The van der Waals surface area contributed by atoms with Gasteiger partial charge in [0.1, 0.15) is 12.1 Å². The van der Waals surface area contributed by atoms with Gasteiger partial charge in [-0.25, -0.2) is 9.97 Å². The number of benzene rings is 2. The third-order valence-corrected chi connectivity index (χ3v) is 3.36. The molecule has 2 aromatic carbocycles. The molecule has 0 bridgehead atoms. The van der Waals surface area contributed by atoms with Crippen LogP contribution in [0.5, 0.6) is 11.6 Å². The van der Waals surface area contributed by atoms with E-state index in [4.69, 9.17) is 10.5 Å². The number of hydrogen-bond acceptors (Lipinski definition) is 4. The second kappa shape index (κ2) is 5.40. The molecule has 1 heterocycles. The first-order chi connectivity index (χ1) is 10.1. The lowest BCUT2D eigenvalue weighted by Gasteiger charge is -2.10. The van der Waals surface area contributed by atoms with Gasteiger partial charge in [-0.3, -0.25) is 0 Å². The van der Waals surface area contributed by atoms with Gasteiger partial charge in [0.2, 0.25) is 5.88 Å². The van der Waals surface area contributed by atoms with E-state index in [9.17, 15) is 0 Å². The lowest BCUT2D eigenvalue weighted by Crippen LogP contribution is -1.94. The highest BCUT2D eigenvalue weighted by Gasteiger charge is 2.08.